The minimum atomic E-state index is -4.37. The summed E-state index contributed by atoms with van der Waals surface area (Å²) in [6, 6.07) is 5.00. The van der Waals surface area contributed by atoms with E-state index in [4.69, 9.17) is 4.74 Å². The third-order valence-electron chi connectivity index (χ3n) is 5.42. The number of benzene rings is 1. The van der Waals surface area contributed by atoms with Crippen molar-refractivity contribution in [2.45, 2.75) is 19.1 Å². The maximum Gasteiger partial charge on any atom is 0.416 e. The molecule has 0 saturated carbocycles. The fourth-order valence-corrected chi connectivity index (χ4v) is 3.78. The van der Waals surface area contributed by atoms with Crippen molar-refractivity contribution in [3.63, 3.8) is 0 Å². The number of hydrogen-bond donors (Lipinski definition) is 1. The molecule has 1 aromatic carbocycles. The summed E-state index contributed by atoms with van der Waals surface area (Å²) in [4.78, 5) is 13.1. The molecule has 1 fully saturated rings. The molecular formula is C21H24F3N5O. The molecule has 1 aromatic heterocycles. The highest BCUT2D eigenvalue weighted by molar-refractivity contribution is 5.78. The van der Waals surface area contributed by atoms with E-state index in [1.165, 1.54) is 18.5 Å². The van der Waals surface area contributed by atoms with E-state index in [-0.39, 0.29) is 6.04 Å². The van der Waals surface area contributed by atoms with Gasteiger partial charge in [0.05, 0.1) is 30.9 Å². The van der Waals surface area contributed by atoms with E-state index in [0.717, 1.165) is 42.8 Å². The van der Waals surface area contributed by atoms with E-state index in [1.807, 2.05) is 14.0 Å². The predicted molar refractivity (Wildman–Crippen MR) is 109 cm³/mol. The van der Waals surface area contributed by atoms with Gasteiger partial charge in [0, 0.05) is 31.9 Å². The topological polar surface area (TPSA) is 53.5 Å². The lowest BCUT2D eigenvalue weighted by atomic mass is 10.0. The van der Waals surface area contributed by atoms with Crippen molar-refractivity contribution in [3.8, 4) is 0 Å². The summed E-state index contributed by atoms with van der Waals surface area (Å²) in [5.41, 5.74) is 1.87. The molecule has 1 atom stereocenters. The number of alkyl halides is 3. The van der Waals surface area contributed by atoms with Crippen LogP contribution in [0.2, 0.25) is 0 Å². The highest BCUT2D eigenvalue weighted by Gasteiger charge is 2.31. The summed E-state index contributed by atoms with van der Waals surface area (Å²) in [6.07, 6.45) is -0.825. The number of ether oxygens (including phenoxy) is 1. The molecule has 160 valence electrons. The first-order valence-corrected chi connectivity index (χ1v) is 9.86. The highest BCUT2D eigenvalue weighted by Crippen LogP contribution is 2.34. The van der Waals surface area contributed by atoms with Gasteiger partial charge >= 0.3 is 6.18 Å². The molecule has 2 aliphatic heterocycles. The average Bonchev–Trinajstić information content (AvgIpc) is 2.74. The predicted octanol–water partition coefficient (Wildman–Crippen LogP) is 3.79. The number of halogens is 3. The summed E-state index contributed by atoms with van der Waals surface area (Å²) < 4.78 is 44.7. The Hall–Kier alpha value is -2.81. The quantitative estimate of drug-likeness (QED) is 0.814. The van der Waals surface area contributed by atoms with Crippen LogP contribution in [-0.4, -0.2) is 54.8 Å². The summed E-state index contributed by atoms with van der Waals surface area (Å²) in [7, 11) is 1.97. The van der Waals surface area contributed by atoms with Crippen molar-refractivity contribution >= 4 is 17.7 Å². The second kappa shape index (κ2) is 8.14. The van der Waals surface area contributed by atoms with Crippen molar-refractivity contribution in [2.75, 3.05) is 50.1 Å². The van der Waals surface area contributed by atoms with Gasteiger partial charge in [-0.1, -0.05) is 12.1 Å². The molecule has 0 bridgehead atoms. The number of fused-ring (bicyclic) bond motifs is 1. The number of rotatable bonds is 4. The second-order valence-corrected chi connectivity index (χ2v) is 7.54. The van der Waals surface area contributed by atoms with Gasteiger partial charge in [-0.3, -0.25) is 0 Å². The summed E-state index contributed by atoms with van der Waals surface area (Å²) in [5.74, 6) is 1.39. The maximum atomic E-state index is 13.1. The zero-order chi connectivity index (χ0) is 21.3. The van der Waals surface area contributed by atoms with Gasteiger partial charge in [-0.25, -0.2) is 9.97 Å². The smallest absolute Gasteiger partial charge is 0.378 e. The first-order chi connectivity index (χ1) is 14.3. The molecule has 6 nitrogen and oxygen atoms in total. The molecule has 2 aliphatic rings. The molecule has 4 rings (SSSR count). The lowest BCUT2D eigenvalue weighted by Gasteiger charge is -2.36. The minimum Gasteiger partial charge on any atom is -0.378 e. The van der Waals surface area contributed by atoms with Gasteiger partial charge in [0.15, 0.2) is 0 Å². The Morgan fingerprint density at radius 3 is 2.67 bits per heavy atom. The Kier molecular flexibility index (Phi) is 5.55. The molecule has 2 aromatic rings. The van der Waals surface area contributed by atoms with Gasteiger partial charge in [0.2, 0.25) is 0 Å². The number of aromatic nitrogens is 2. The molecule has 0 aliphatic carbocycles. The first kappa shape index (κ1) is 20.5. The minimum absolute atomic E-state index is 0.362. The molecule has 1 N–H and O–H groups in total. The number of nitrogens with zero attached hydrogens (tertiary/aromatic N) is 4. The van der Waals surface area contributed by atoms with Crippen LogP contribution in [0.4, 0.5) is 24.8 Å². The van der Waals surface area contributed by atoms with Crippen molar-refractivity contribution in [1.29, 1.82) is 0 Å². The number of morpholine rings is 1. The number of nitrogens with one attached hydrogen (secondary N) is 1. The van der Waals surface area contributed by atoms with Crippen molar-refractivity contribution < 1.29 is 17.9 Å². The van der Waals surface area contributed by atoms with Crippen LogP contribution in [0.5, 0.6) is 0 Å². The van der Waals surface area contributed by atoms with E-state index in [0.29, 0.717) is 24.6 Å². The number of hydrogen-bond acceptors (Lipinski definition) is 6. The molecule has 0 unspecified atom stereocenters. The fraction of sp³-hybridized carbons (Fsp3) is 0.429. The lowest BCUT2D eigenvalue weighted by Crippen LogP contribution is -2.40. The largest absolute Gasteiger partial charge is 0.416 e. The van der Waals surface area contributed by atoms with Gasteiger partial charge in [-0.15, -0.1) is 0 Å². The molecule has 0 spiro atoms. The Morgan fingerprint density at radius 1 is 1.17 bits per heavy atom. The third kappa shape index (κ3) is 4.21. The highest BCUT2D eigenvalue weighted by atomic mass is 19.4. The monoisotopic (exact) mass is 419 g/mol. The van der Waals surface area contributed by atoms with Crippen LogP contribution in [0, 0.1) is 0 Å². The molecule has 0 amide bonds. The third-order valence-corrected chi connectivity index (χ3v) is 5.42. The first-order valence-electron chi connectivity index (χ1n) is 9.86. The summed E-state index contributed by atoms with van der Waals surface area (Å²) in [6.45, 7) is 5.59. The van der Waals surface area contributed by atoms with Crippen molar-refractivity contribution in [2.24, 2.45) is 0 Å². The normalized spacial score (nSPS) is 18.0. The van der Waals surface area contributed by atoms with Crippen LogP contribution in [-0.2, 0) is 10.9 Å². The van der Waals surface area contributed by atoms with E-state index < -0.39 is 11.7 Å². The molecule has 30 heavy (non-hydrogen) atoms. The Bertz CT molecular complexity index is 940. The molecule has 3 heterocycles. The number of likely N-dealkylation sites (N-methyl/N-ethyl adjacent to an activating group) is 1. The van der Waals surface area contributed by atoms with Gasteiger partial charge < -0.3 is 19.9 Å². The van der Waals surface area contributed by atoms with E-state index in [2.05, 4.69) is 31.2 Å². The standard InChI is InChI=1S/C21H24F3N5O/c1-14(15-4-3-5-16(10-15)21(22,23)24)27-19-18-11-17(29-6-8-30-9-7-29)12-28(2)20(18)26-13-25-19/h3-5,10-11,13-14H,6-9,12H2,1-2H3,(H,25,26,27)/t14-/m1/s1. The van der Waals surface area contributed by atoms with E-state index in [9.17, 15) is 13.2 Å². The molecule has 1 saturated heterocycles. The maximum absolute atomic E-state index is 13.1. The van der Waals surface area contributed by atoms with Crippen LogP contribution in [0.25, 0.3) is 6.08 Å². The van der Waals surface area contributed by atoms with Gasteiger partial charge in [0.1, 0.15) is 18.0 Å². The van der Waals surface area contributed by atoms with Gasteiger partial charge in [-0.2, -0.15) is 13.2 Å². The Balaban J connectivity index is 1.62. The molecule has 9 heteroatoms. The van der Waals surface area contributed by atoms with E-state index >= 15 is 0 Å². The Labute approximate surface area is 173 Å². The number of anilines is 2. The summed E-state index contributed by atoms with van der Waals surface area (Å²) >= 11 is 0. The lowest BCUT2D eigenvalue weighted by molar-refractivity contribution is -0.137. The Morgan fingerprint density at radius 2 is 1.93 bits per heavy atom. The van der Waals surface area contributed by atoms with Crippen molar-refractivity contribution in [3.05, 3.63) is 53.0 Å². The average molecular weight is 419 g/mol. The second-order valence-electron chi connectivity index (χ2n) is 7.54. The SMILES string of the molecule is C[C@@H](Nc1ncnc2c1C=C(N1CCOCC1)CN2C)c1cccc(C(F)(F)F)c1. The van der Waals surface area contributed by atoms with Crippen LogP contribution < -0.4 is 10.2 Å². The van der Waals surface area contributed by atoms with Crippen LogP contribution in [0.1, 0.15) is 29.7 Å². The fourth-order valence-electron chi connectivity index (χ4n) is 3.78. The summed E-state index contributed by atoms with van der Waals surface area (Å²) in [5, 5.41) is 3.28. The van der Waals surface area contributed by atoms with E-state index in [1.54, 1.807) is 6.07 Å². The van der Waals surface area contributed by atoms with Crippen LogP contribution in [0.15, 0.2) is 36.3 Å². The van der Waals surface area contributed by atoms with Gasteiger partial charge in [-0.05, 0) is 30.7 Å². The van der Waals surface area contributed by atoms with Crippen molar-refractivity contribution in [1.82, 2.24) is 14.9 Å². The zero-order valence-corrected chi connectivity index (χ0v) is 16.9. The zero-order valence-electron chi connectivity index (χ0n) is 16.9. The molecule has 0 radical (unpaired) electrons. The van der Waals surface area contributed by atoms with Gasteiger partial charge in [0.25, 0.3) is 0 Å². The van der Waals surface area contributed by atoms with Crippen LogP contribution >= 0.6 is 0 Å². The van der Waals surface area contributed by atoms with Crippen LogP contribution in [0.3, 0.4) is 0 Å². The molecular weight excluding hydrogens is 395 g/mol.